The molecular formula is C17H14ClF3N6O2. The van der Waals surface area contributed by atoms with Crippen molar-refractivity contribution in [3.8, 4) is 17.1 Å². The molecule has 12 heteroatoms. The van der Waals surface area contributed by atoms with Gasteiger partial charge in [0, 0.05) is 30.0 Å². The number of aryl methyl sites for hydroxylation is 1. The Balaban J connectivity index is 1.83. The van der Waals surface area contributed by atoms with E-state index in [-0.39, 0.29) is 10.6 Å². The van der Waals surface area contributed by atoms with Crippen LogP contribution in [0.1, 0.15) is 29.0 Å². The van der Waals surface area contributed by atoms with Crippen molar-refractivity contribution in [3.05, 3.63) is 53.1 Å². The smallest absolute Gasteiger partial charge is 0.406 e. The fraction of sp³-hybridized carbons (Fsp3) is 0.235. The summed E-state index contributed by atoms with van der Waals surface area (Å²) in [5.41, 5.74) is 1.18. The van der Waals surface area contributed by atoms with Gasteiger partial charge in [0.25, 0.3) is 5.91 Å². The minimum Gasteiger partial charge on any atom is -0.406 e. The number of rotatable bonds is 5. The molecule has 0 saturated carbocycles. The van der Waals surface area contributed by atoms with Gasteiger partial charge < -0.3 is 10.1 Å². The first kappa shape index (κ1) is 20.5. The number of amides is 1. The molecule has 0 aliphatic heterocycles. The van der Waals surface area contributed by atoms with Gasteiger partial charge in [-0.1, -0.05) is 16.8 Å². The molecule has 1 atom stereocenters. The van der Waals surface area contributed by atoms with E-state index in [0.717, 1.165) is 12.1 Å². The minimum absolute atomic E-state index is 0.0793. The van der Waals surface area contributed by atoms with Gasteiger partial charge in [0.15, 0.2) is 0 Å². The molecule has 152 valence electrons. The van der Waals surface area contributed by atoms with Crippen molar-refractivity contribution in [3.63, 3.8) is 0 Å². The summed E-state index contributed by atoms with van der Waals surface area (Å²) in [7, 11) is 1.69. The molecule has 3 rings (SSSR count). The fourth-order valence-electron chi connectivity index (χ4n) is 2.55. The molecule has 0 spiro atoms. The van der Waals surface area contributed by atoms with E-state index < -0.39 is 24.1 Å². The summed E-state index contributed by atoms with van der Waals surface area (Å²) in [4.78, 5) is 21.0. The number of carbonyl (C=O) groups excluding carboxylic acids is 1. The van der Waals surface area contributed by atoms with Crippen molar-refractivity contribution in [2.24, 2.45) is 7.05 Å². The highest BCUT2D eigenvalue weighted by Gasteiger charge is 2.31. The van der Waals surface area contributed by atoms with Crippen LogP contribution in [0.15, 0.2) is 36.8 Å². The summed E-state index contributed by atoms with van der Waals surface area (Å²) in [6, 6.07) is 2.50. The lowest BCUT2D eigenvalue weighted by Gasteiger charge is -2.16. The first-order valence-electron chi connectivity index (χ1n) is 8.17. The van der Waals surface area contributed by atoms with Gasteiger partial charge in [-0.3, -0.25) is 19.4 Å². The van der Waals surface area contributed by atoms with E-state index in [1.807, 2.05) is 0 Å². The van der Waals surface area contributed by atoms with Gasteiger partial charge >= 0.3 is 6.36 Å². The molecule has 0 saturated heterocycles. The molecule has 1 unspecified atom stereocenters. The quantitative estimate of drug-likeness (QED) is 0.672. The topological polar surface area (TPSA) is 94.8 Å². The van der Waals surface area contributed by atoms with Crippen LogP contribution in [0.25, 0.3) is 11.4 Å². The maximum absolute atomic E-state index is 12.6. The lowest BCUT2D eigenvalue weighted by atomic mass is 10.1. The number of ether oxygens (including phenoxy) is 1. The number of carbonyl (C=O) groups is 1. The van der Waals surface area contributed by atoms with Crippen molar-refractivity contribution >= 4 is 17.5 Å². The summed E-state index contributed by atoms with van der Waals surface area (Å²) < 4.78 is 42.7. The molecule has 0 fully saturated rings. The van der Waals surface area contributed by atoms with Crippen LogP contribution >= 0.6 is 11.6 Å². The van der Waals surface area contributed by atoms with Crippen molar-refractivity contribution in [2.75, 3.05) is 0 Å². The number of hydrogen-bond donors (Lipinski definition) is 1. The first-order chi connectivity index (χ1) is 13.6. The zero-order chi connectivity index (χ0) is 21.2. The molecule has 29 heavy (non-hydrogen) atoms. The Hall–Kier alpha value is -3.21. The van der Waals surface area contributed by atoms with Crippen LogP contribution in [0.5, 0.6) is 5.75 Å². The van der Waals surface area contributed by atoms with Crippen molar-refractivity contribution in [1.82, 2.24) is 30.3 Å². The molecule has 0 radical (unpaired) electrons. The number of halogens is 4. The van der Waals surface area contributed by atoms with E-state index in [0.29, 0.717) is 17.1 Å². The second-order valence-electron chi connectivity index (χ2n) is 5.99. The number of benzene rings is 1. The van der Waals surface area contributed by atoms with Crippen molar-refractivity contribution < 1.29 is 22.7 Å². The maximum Gasteiger partial charge on any atom is 0.573 e. The number of aromatic nitrogens is 5. The maximum atomic E-state index is 12.6. The summed E-state index contributed by atoms with van der Waals surface area (Å²) in [5.74, 6) is -1.26. The Morgan fingerprint density at radius 2 is 1.97 bits per heavy atom. The average molecular weight is 427 g/mol. The van der Waals surface area contributed by atoms with Gasteiger partial charge in [-0.05, 0) is 25.1 Å². The third-order valence-corrected chi connectivity index (χ3v) is 3.91. The van der Waals surface area contributed by atoms with E-state index in [1.54, 1.807) is 20.2 Å². The second-order valence-corrected chi connectivity index (χ2v) is 6.42. The molecule has 0 aliphatic carbocycles. The monoisotopic (exact) mass is 426 g/mol. The zero-order valence-electron chi connectivity index (χ0n) is 15.1. The molecule has 3 aromatic rings. The largest absolute Gasteiger partial charge is 0.573 e. The third kappa shape index (κ3) is 5.19. The highest BCUT2D eigenvalue weighted by Crippen LogP contribution is 2.28. The fourth-order valence-corrected chi connectivity index (χ4v) is 2.78. The second kappa shape index (κ2) is 8.03. The van der Waals surface area contributed by atoms with Gasteiger partial charge in [-0.2, -0.15) is 0 Å². The predicted octanol–water partition coefficient (Wildman–Crippen LogP) is 3.32. The van der Waals surface area contributed by atoms with Crippen LogP contribution in [0.3, 0.4) is 0 Å². The van der Waals surface area contributed by atoms with Gasteiger partial charge in [-0.15, -0.1) is 18.3 Å². The number of nitrogens with one attached hydrogen (secondary N) is 1. The Morgan fingerprint density at radius 1 is 1.24 bits per heavy atom. The predicted molar refractivity (Wildman–Crippen MR) is 96.0 cm³/mol. The molecule has 2 heterocycles. The first-order valence-corrected chi connectivity index (χ1v) is 8.55. The van der Waals surface area contributed by atoms with Gasteiger partial charge in [0.2, 0.25) is 0 Å². The summed E-state index contributed by atoms with van der Waals surface area (Å²) in [6.45, 7) is 1.65. The highest BCUT2D eigenvalue weighted by atomic mass is 35.5. The molecule has 0 bridgehead atoms. The Bertz CT molecular complexity index is 1040. The number of nitrogens with zero attached hydrogens (tertiary/aromatic N) is 5. The van der Waals surface area contributed by atoms with Crippen LogP contribution in [0.4, 0.5) is 13.2 Å². The molecule has 2 aromatic heterocycles. The number of alkyl halides is 3. The van der Waals surface area contributed by atoms with Crippen molar-refractivity contribution in [2.45, 2.75) is 19.3 Å². The summed E-state index contributed by atoms with van der Waals surface area (Å²) in [5, 5.41) is 10.4. The highest BCUT2D eigenvalue weighted by molar-refractivity contribution is 6.31. The van der Waals surface area contributed by atoms with Gasteiger partial charge in [0.05, 0.1) is 17.9 Å². The van der Waals surface area contributed by atoms with Crippen LogP contribution in [-0.2, 0) is 7.05 Å². The summed E-state index contributed by atoms with van der Waals surface area (Å²) >= 11 is 5.82. The lowest BCUT2D eigenvalue weighted by molar-refractivity contribution is -0.274. The van der Waals surface area contributed by atoms with E-state index in [1.165, 1.54) is 23.1 Å². The van der Waals surface area contributed by atoms with E-state index in [9.17, 15) is 18.0 Å². The SMILES string of the molecule is CC(NC(=O)c1cc(Cl)cc(OC(F)(F)F)c1)c1nccnc1-c1cn(C)nn1. The van der Waals surface area contributed by atoms with Crippen LogP contribution in [0, 0.1) is 0 Å². The molecular weight excluding hydrogens is 413 g/mol. The molecule has 1 aromatic carbocycles. The van der Waals surface area contributed by atoms with E-state index in [4.69, 9.17) is 11.6 Å². The van der Waals surface area contributed by atoms with Gasteiger partial charge in [0.1, 0.15) is 17.1 Å². The molecule has 1 N–H and O–H groups in total. The summed E-state index contributed by atoms with van der Waals surface area (Å²) in [6.07, 6.45) is -0.344. The Kier molecular flexibility index (Phi) is 5.69. The molecule has 8 nitrogen and oxygen atoms in total. The average Bonchev–Trinajstić information content (AvgIpc) is 3.06. The lowest BCUT2D eigenvalue weighted by Crippen LogP contribution is -2.28. The minimum atomic E-state index is -4.91. The zero-order valence-corrected chi connectivity index (χ0v) is 15.9. The standard InChI is InChI=1S/C17H14ClF3N6O2/c1-9(14-15(23-4-3-22-14)13-8-27(2)26-25-13)24-16(28)10-5-11(18)7-12(6-10)29-17(19,20)21/h3-9H,1-2H3,(H,24,28). The van der Waals surface area contributed by atoms with Crippen LogP contribution in [0.2, 0.25) is 5.02 Å². The normalized spacial score (nSPS) is 12.5. The van der Waals surface area contributed by atoms with E-state index in [2.05, 4.69) is 30.3 Å². The molecule has 0 aliphatic rings. The van der Waals surface area contributed by atoms with Crippen molar-refractivity contribution in [1.29, 1.82) is 0 Å². The molecule has 1 amide bonds. The Labute approximate surface area is 167 Å². The van der Waals surface area contributed by atoms with Crippen LogP contribution < -0.4 is 10.1 Å². The van der Waals surface area contributed by atoms with E-state index >= 15 is 0 Å². The number of hydrogen-bond acceptors (Lipinski definition) is 6. The Morgan fingerprint density at radius 3 is 2.62 bits per heavy atom. The van der Waals surface area contributed by atoms with Crippen LogP contribution in [-0.4, -0.2) is 37.2 Å². The van der Waals surface area contributed by atoms with Gasteiger partial charge in [-0.25, -0.2) is 0 Å². The third-order valence-electron chi connectivity index (χ3n) is 3.70.